The molecule has 21 heavy (non-hydrogen) atoms. The van der Waals surface area contributed by atoms with Crippen molar-refractivity contribution in [2.24, 2.45) is 11.7 Å². The number of hydrogen-bond acceptors (Lipinski definition) is 4. The molecule has 5 nitrogen and oxygen atoms in total. The lowest BCUT2D eigenvalue weighted by Crippen LogP contribution is -2.42. The number of nitrogens with zero attached hydrogens (tertiary/aromatic N) is 1. The molecular weight excluding hydrogens is 288 g/mol. The lowest BCUT2D eigenvalue weighted by molar-refractivity contribution is 0.184. The smallest absolute Gasteiger partial charge is 0.243 e. The van der Waals surface area contributed by atoms with Crippen LogP contribution in [0.25, 0.3) is 0 Å². The summed E-state index contributed by atoms with van der Waals surface area (Å²) in [7, 11) is -1.82. The summed E-state index contributed by atoms with van der Waals surface area (Å²) in [6.07, 6.45) is 1.66. The Morgan fingerprint density at radius 1 is 1.38 bits per heavy atom. The van der Waals surface area contributed by atoms with Crippen molar-refractivity contribution in [1.29, 1.82) is 0 Å². The molecule has 1 aliphatic heterocycles. The van der Waals surface area contributed by atoms with Crippen molar-refractivity contribution in [3.63, 3.8) is 0 Å². The molecule has 118 valence electrons. The summed E-state index contributed by atoms with van der Waals surface area (Å²) in [6, 6.07) is 7.09. The lowest BCUT2D eigenvalue weighted by atomic mass is 9.92. The van der Waals surface area contributed by atoms with Gasteiger partial charge in [-0.15, -0.1) is 0 Å². The first kappa shape index (κ1) is 16.4. The maximum Gasteiger partial charge on any atom is 0.243 e. The maximum absolute atomic E-state index is 12.7. The molecule has 2 rings (SSSR count). The minimum Gasteiger partial charge on any atom is -0.380 e. The number of rotatable bonds is 5. The number of methoxy groups -OCH3 is 1. The second kappa shape index (κ2) is 6.87. The molecule has 0 bridgehead atoms. The summed E-state index contributed by atoms with van der Waals surface area (Å²) >= 11 is 0. The van der Waals surface area contributed by atoms with Gasteiger partial charge in [-0.2, -0.15) is 4.31 Å². The topological polar surface area (TPSA) is 72.6 Å². The van der Waals surface area contributed by atoms with E-state index in [2.05, 4.69) is 0 Å². The molecule has 1 atom stereocenters. The highest BCUT2D eigenvalue weighted by atomic mass is 32.2. The molecule has 1 saturated heterocycles. The minimum atomic E-state index is -3.42. The molecule has 0 radical (unpaired) electrons. The standard InChI is InChI=1S/C15H24N2O3S/c1-12(16)14-6-8-17(9-7-14)21(18,19)15-5-3-4-13(10-15)11-20-2/h3-5,10,12,14H,6-9,11,16H2,1-2H3. The second-order valence-electron chi connectivity index (χ2n) is 5.68. The lowest BCUT2D eigenvalue weighted by Gasteiger charge is -2.33. The molecular formula is C15H24N2O3S. The monoisotopic (exact) mass is 312 g/mol. The second-order valence-corrected chi connectivity index (χ2v) is 7.62. The molecule has 0 amide bonds. The largest absolute Gasteiger partial charge is 0.380 e. The molecule has 1 aromatic carbocycles. The predicted molar refractivity (Wildman–Crippen MR) is 82.3 cm³/mol. The van der Waals surface area contributed by atoms with Gasteiger partial charge < -0.3 is 10.5 Å². The Morgan fingerprint density at radius 2 is 2.05 bits per heavy atom. The van der Waals surface area contributed by atoms with Gasteiger partial charge in [-0.3, -0.25) is 0 Å². The van der Waals surface area contributed by atoms with E-state index in [9.17, 15) is 8.42 Å². The van der Waals surface area contributed by atoms with Gasteiger partial charge in [0.1, 0.15) is 0 Å². The van der Waals surface area contributed by atoms with E-state index in [1.165, 1.54) is 0 Å². The summed E-state index contributed by atoms with van der Waals surface area (Å²) in [4.78, 5) is 0.344. The molecule has 6 heteroatoms. The molecule has 2 N–H and O–H groups in total. The van der Waals surface area contributed by atoms with Crippen LogP contribution in [0.4, 0.5) is 0 Å². The third-order valence-electron chi connectivity index (χ3n) is 4.09. The van der Waals surface area contributed by atoms with Crippen molar-refractivity contribution >= 4 is 10.0 Å². The van der Waals surface area contributed by atoms with Crippen LogP contribution in [0.1, 0.15) is 25.3 Å². The van der Waals surface area contributed by atoms with E-state index < -0.39 is 10.0 Å². The molecule has 0 aromatic heterocycles. The van der Waals surface area contributed by atoms with Crippen LogP contribution in [0.3, 0.4) is 0 Å². The van der Waals surface area contributed by atoms with E-state index in [-0.39, 0.29) is 6.04 Å². The predicted octanol–water partition coefficient (Wildman–Crippen LogP) is 1.58. The third kappa shape index (κ3) is 3.83. The third-order valence-corrected chi connectivity index (χ3v) is 5.98. The quantitative estimate of drug-likeness (QED) is 0.896. The van der Waals surface area contributed by atoms with Gasteiger partial charge in [0.25, 0.3) is 0 Å². The fraction of sp³-hybridized carbons (Fsp3) is 0.600. The highest BCUT2D eigenvalue weighted by molar-refractivity contribution is 7.89. The summed E-state index contributed by atoms with van der Waals surface area (Å²) in [5.74, 6) is 0.413. The molecule has 1 fully saturated rings. The van der Waals surface area contributed by atoms with Gasteiger partial charge in [-0.25, -0.2) is 8.42 Å². The average molecular weight is 312 g/mol. The van der Waals surface area contributed by atoms with E-state index in [0.29, 0.717) is 30.5 Å². The fourth-order valence-electron chi connectivity index (χ4n) is 2.75. The highest BCUT2D eigenvalue weighted by Crippen LogP contribution is 2.25. The number of ether oxygens (including phenoxy) is 1. The number of benzene rings is 1. The summed E-state index contributed by atoms with van der Waals surface area (Å²) in [5.41, 5.74) is 6.77. The summed E-state index contributed by atoms with van der Waals surface area (Å²) < 4.78 is 32.0. The van der Waals surface area contributed by atoms with Crippen LogP contribution in [0.2, 0.25) is 0 Å². The molecule has 0 saturated carbocycles. The number of sulfonamides is 1. The van der Waals surface area contributed by atoms with Crippen LogP contribution in [-0.2, 0) is 21.4 Å². The van der Waals surface area contributed by atoms with E-state index in [1.807, 2.05) is 13.0 Å². The van der Waals surface area contributed by atoms with Crippen molar-refractivity contribution in [3.05, 3.63) is 29.8 Å². The zero-order chi connectivity index (χ0) is 15.5. The zero-order valence-corrected chi connectivity index (χ0v) is 13.5. The van der Waals surface area contributed by atoms with E-state index in [0.717, 1.165) is 18.4 Å². The minimum absolute atomic E-state index is 0.125. The Hall–Kier alpha value is -0.950. The van der Waals surface area contributed by atoms with Crippen LogP contribution >= 0.6 is 0 Å². The molecule has 1 aliphatic rings. The Balaban J connectivity index is 2.13. The van der Waals surface area contributed by atoms with Gasteiger partial charge in [0.15, 0.2) is 0 Å². The van der Waals surface area contributed by atoms with Crippen molar-refractivity contribution in [2.75, 3.05) is 20.2 Å². The molecule has 0 spiro atoms. The van der Waals surface area contributed by atoms with E-state index in [1.54, 1.807) is 29.6 Å². The van der Waals surface area contributed by atoms with Crippen molar-refractivity contribution in [3.8, 4) is 0 Å². The van der Waals surface area contributed by atoms with E-state index in [4.69, 9.17) is 10.5 Å². The summed E-state index contributed by atoms with van der Waals surface area (Å²) in [5, 5.41) is 0. The number of hydrogen-bond donors (Lipinski definition) is 1. The first-order valence-electron chi connectivity index (χ1n) is 7.28. The first-order valence-corrected chi connectivity index (χ1v) is 8.72. The van der Waals surface area contributed by atoms with E-state index >= 15 is 0 Å². The Bertz CT molecular complexity index is 564. The Morgan fingerprint density at radius 3 is 2.62 bits per heavy atom. The SMILES string of the molecule is COCc1cccc(S(=O)(=O)N2CCC(C(C)N)CC2)c1. The Labute approximate surface area is 127 Å². The van der Waals surface area contributed by atoms with Crippen LogP contribution in [0.5, 0.6) is 0 Å². The van der Waals surface area contributed by atoms with Crippen molar-refractivity contribution < 1.29 is 13.2 Å². The average Bonchev–Trinajstić information content (AvgIpc) is 2.48. The van der Waals surface area contributed by atoms with Gasteiger partial charge >= 0.3 is 0 Å². The van der Waals surface area contributed by atoms with Gasteiger partial charge in [0.2, 0.25) is 10.0 Å². The van der Waals surface area contributed by atoms with Gasteiger partial charge in [-0.05, 0) is 43.4 Å². The first-order chi connectivity index (χ1) is 9.95. The fourth-order valence-corrected chi connectivity index (χ4v) is 4.29. The van der Waals surface area contributed by atoms with Crippen molar-refractivity contribution in [1.82, 2.24) is 4.31 Å². The molecule has 1 unspecified atom stereocenters. The van der Waals surface area contributed by atoms with Crippen LogP contribution in [0, 0.1) is 5.92 Å². The number of piperidine rings is 1. The van der Waals surface area contributed by atoms with Crippen molar-refractivity contribution in [2.45, 2.75) is 37.3 Å². The number of nitrogens with two attached hydrogens (primary N) is 1. The zero-order valence-electron chi connectivity index (χ0n) is 12.7. The maximum atomic E-state index is 12.7. The summed E-state index contributed by atoms with van der Waals surface area (Å²) in [6.45, 7) is 3.49. The van der Waals surface area contributed by atoms with Gasteiger partial charge in [0.05, 0.1) is 11.5 Å². The normalized spacial score (nSPS) is 19.6. The van der Waals surface area contributed by atoms with Gasteiger partial charge in [-0.1, -0.05) is 12.1 Å². The molecule has 0 aliphatic carbocycles. The highest BCUT2D eigenvalue weighted by Gasteiger charge is 2.30. The van der Waals surface area contributed by atoms with Crippen LogP contribution < -0.4 is 5.73 Å². The molecule has 1 aromatic rings. The molecule has 1 heterocycles. The van der Waals surface area contributed by atoms with Gasteiger partial charge in [0, 0.05) is 26.2 Å². The van der Waals surface area contributed by atoms with Crippen LogP contribution in [-0.4, -0.2) is 39.0 Å². The Kier molecular flexibility index (Phi) is 5.37. The van der Waals surface area contributed by atoms with Crippen LogP contribution in [0.15, 0.2) is 29.2 Å².